The van der Waals surface area contributed by atoms with Crippen LogP contribution < -0.4 is 0 Å². The van der Waals surface area contributed by atoms with Gasteiger partial charge in [-0.1, -0.05) is 6.08 Å². The first-order valence-electron chi connectivity index (χ1n) is 6.21. The Morgan fingerprint density at radius 2 is 2.30 bits per heavy atom. The van der Waals surface area contributed by atoms with Crippen molar-refractivity contribution >= 4 is 29.1 Å². The van der Waals surface area contributed by atoms with Crippen molar-refractivity contribution in [2.24, 2.45) is 4.99 Å². The molecular weight excluding hydrogens is 280 g/mol. The molecule has 0 spiro atoms. The normalized spacial score (nSPS) is 17.9. The van der Waals surface area contributed by atoms with Crippen molar-refractivity contribution < 1.29 is 9.90 Å². The van der Waals surface area contributed by atoms with Gasteiger partial charge in [-0.2, -0.15) is 4.98 Å². The van der Waals surface area contributed by atoms with Crippen molar-refractivity contribution in [3.8, 4) is 0 Å². The second kappa shape index (κ2) is 6.11. The highest BCUT2D eigenvalue weighted by atomic mass is 35.5. The van der Waals surface area contributed by atoms with E-state index in [-0.39, 0.29) is 16.7 Å². The van der Waals surface area contributed by atoms with Gasteiger partial charge in [0, 0.05) is 25.3 Å². The van der Waals surface area contributed by atoms with Crippen LogP contribution >= 0.6 is 11.6 Å². The molecule has 0 saturated heterocycles. The Morgan fingerprint density at radius 3 is 2.95 bits per heavy atom. The zero-order valence-electron chi connectivity index (χ0n) is 11.2. The molecule has 1 aromatic rings. The van der Waals surface area contributed by atoms with Crippen LogP contribution in [0.4, 0.5) is 5.82 Å². The van der Waals surface area contributed by atoms with E-state index in [2.05, 4.69) is 33.7 Å². The van der Waals surface area contributed by atoms with Crippen molar-refractivity contribution in [3.05, 3.63) is 29.2 Å². The van der Waals surface area contributed by atoms with Crippen LogP contribution in [0.2, 0.25) is 5.28 Å². The number of hydrogen-bond acceptors (Lipinski definition) is 5. The highest BCUT2D eigenvalue weighted by Crippen LogP contribution is 2.19. The van der Waals surface area contributed by atoms with Gasteiger partial charge in [0.05, 0.1) is 5.71 Å². The van der Waals surface area contributed by atoms with E-state index in [1.165, 1.54) is 6.20 Å². The molecule has 0 radical (unpaired) electrons. The summed E-state index contributed by atoms with van der Waals surface area (Å²) in [5.74, 6) is -1.04. The van der Waals surface area contributed by atoms with Gasteiger partial charge in [0.15, 0.2) is 5.82 Å². The van der Waals surface area contributed by atoms with Gasteiger partial charge in [0.1, 0.15) is 5.56 Å². The Hall–Kier alpha value is -1.79. The summed E-state index contributed by atoms with van der Waals surface area (Å²) in [6, 6.07) is 0.387. The molecule has 0 saturated carbocycles. The fraction of sp³-hybridized carbons (Fsp3) is 0.385. The topological polar surface area (TPSA) is 78.7 Å². The average molecular weight is 295 g/mol. The zero-order chi connectivity index (χ0) is 14.7. The molecule has 2 rings (SSSR count). The largest absolute Gasteiger partial charge is 0.477 e. The van der Waals surface area contributed by atoms with Gasteiger partial charge in [-0.25, -0.2) is 14.8 Å². The molecule has 2 heterocycles. The summed E-state index contributed by atoms with van der Waals surface area (Å²) in [4.78, 5) is 25.2. The summed E-state index contributed by atoms with van der Waals surface area (Å²) in [6.07, 6.45) is 5.04. The van der Waals surface area contributed by atoms with E-state index in [4.69, 9.17) is 16.7 Å². The van der Waals surface area contributed by atoms with Crippen LogP contribution in [0.15, 0.2) is 23.3 Å². The van der Waals surface area contributed by atoms with E-state index < -0.39 is 5.97 Å². The third-order valence-corrected chi connectivity index (χ3v) is 3.15. The molecule has 0 amide bonds. The minimum absolute atomic E-state index is 0.0187. The lowest BCUT2D eigenvalue weighted by molar-refractivity contribution is 0.0697. The fourth-order valence-electron chi connectivity index (χ4n) is 1.84. The second-order valence-corrected chi connectivity index (χ2v) is 5.05. The van der Waals surface area contributed by atoms with Crippen molar-refractivity contribution in [1.29, 1.82) is 0 Å². The van der Waals surface area contributed by atoms with Crippen LogP contribution in [-0.2, 0) is 0 Å². The SMILES string of the molecule is CC(C)N1CC=CC(=Nc2nc(Cl)ncc2C(=O)O)C1. The number of rotatable bonds is 3. The number of hydrogen-bond donors (Lipinski definition) is 1. The molecule has 0 fully saturated rings. The minimum Gasteiger partial charge on any atom is -0.477 e. The number of carboxylic acids is 1. The molecule has 1 aliphatic heterocycles. The lowest BCUT2D eigenvalue weighted by Crippen LogP contribution is -2.37. The molecule has 6 nitrogen and oxygen atoms in total. The lowest BCUT2D eigenvalue weighted by atomic mass is 10.2. The summed E-state index contributed by atoms with van der Waals surface area (Å²) in [5.41, 5.74) is 0.694. The van der Waals surface area contributed by atoms with Crippen LogP contribution in [-0.4, -0.2) is 50.8 Å². The first kappa shape index (κ1) is 14.6. The fourth-order valence-corrected chi connectivity index (χ4v) is 1.97. The Kier molecular flexibility index (Phi) is 4.46. The Labute approximate surface area is 121 Å². The predicted molar refractivity (Wildman–Crippen MR) is 76.9 cm³/mol. The second-order valence-electron chi connectivity index (χ2n) is 4.71. The molecule has 7 heteroatoms. The zero-order valence-corrected chi connectivity index (χ0v) is 12.0. The van der Waals surface area contributed by atoms with Gasteiger partial charge >= 0.3 is 5.97 Å². The first-order chi connectivity index (χ1) is 9.47. The van der Waals surface area contributed by atoms with E-state index in [0.717, 1.165) is 12.3 Å². The van der Waals surface area contributed by atoms with E-state index in [1.54, 1.807) is 0 Å². The molecular formula is C13H15ClN4O2. The molecule has 1 aliphatic rings. The Morgan fingerprint density at radius 1 is 1.55 bits per heavy atom. The third-order valence-electron chi connectivity index (χ3n) is 2.96. The average Bonchev–Trinajstić information content (AvgIpc) is 2.38. The number of aromatic nitrogens is 2. The smallest absolute Gasteiger partial charge is 0.341 e. The van der Waals surface area contributed by atoms with Gasteiger partial charge in [-0.3, -0.25) is 4.90 Å². The molecule has 0 aliphatic carbocycles. The van der Waals surface area contributed by atoms with Crippen LogP contribution in [0.25, 0.3) is 0 Å². The quantitative estimate of drug-likeness (QED) is 0.865. The summed E-state index contributed by atoms with van der Waals surface area (Å²) >= 11 is 5.71. The maximum atomic E-state index is 11.1. The molecule has 1 N–H and O–H groups in total. The van der Waals surface area contributed by atoms with E-state index in [1.807, 2.05) is 12.2 Å². The number of nitrogens with zero attached hydrogens (tertiary/aromatic N) is 4. The maximum absolute atomic E-state index is 11.1. The van der Waals surface area contributed by atoms with Gasteiger partial charge in [0.25, 0.3) is 0 Å². The highest BCUT2D eigenvalue weighted by Gasteiger charge is 2.17. The van der Waals surface area contributed by atoms with Crippen molar-refractivity contribution in [2.75, 3.05) is 13.1 Å². The van der Waals surface area contributed by atoms with E-state index >= 15 is 0 Å². The molecule has 0 unspecified atom stereocenters. The summed E-state index contributed by atoms with van der Waals surface area (Å²) in [5, 5.41) is 9.09. The van der Waals surface area contributed by atoms with Crippen molar-refractivity contribution in [2.45, 2.75) is 19.9 Å². The summed E-state index contributed by atoms with van der Waals surface area (Å²) in [6.45, 7) is 5.70. The number of carboxylic acid groups (broad SMARTS) is 1. The maximum Gasteiger partial charge on any atom is 0.341 e. The van der Waals surface area contributed by atoms with Gasteiger partial charge in [-0.15, -0.1) is 0 Å². The highest BCUT2D eigenvalue weighted by molar-refractivity contribution is 6.28. The van der Waals surface area contributed by atoms with Crippen LogP contribution in [0.3, 0.4) is 0 Å². The monoisotopic (exact) mass is 294 g/mol. The number of halogens is 1. The minimum atomic E-state index is -1.12. The molecule has 0 atom stereocenters. The molecule has 1 aromatic heterocycles. The van der Waals surface area contributed by atoms with Crippen LogP contribution in [0.1, 0.15) is 24.2 Å². The Bertz CT molecular complexity index is 584. The number of carbonyl (C=O) groups is 1. The first-order valence-corrected chi connectivity index (χ1v) is 6.59. The standard InChI is InChI=1S/C13H15ClN4O2/c1-8(2)18-5-3-4-9(7-18)16-11-10(12(19)20)6-15-13(14)17-11/h3-4,6,8H,5,7H2,1-2H3,(H,19,20). The lowest BCUT2D eigenvalue weighted by Gasteiger charge is -2.27. The number of aromatic carboxylic acids is 1. The van der Waals surface area contributed by atoms with Crippen LogP contribution in [0.5, 0.6) is 0 Å². The van der Waals surface area contributed by atoms with Crippen molar-refractivity contribution in [3.63, 3.8) is 0 Å². The van der Waals surface area contributed by atoms with Gasteiger partial charge in [0.2, 0.25) is 5.28 Å². The molecule has 0 bridgehead atoms. The Balaban J connectivity index is 2.35. The number of aliphatic imine (C=N–C) groups is 1. The summed E-state index contributed by atoms with van der Waals surface area (Å²) in [7, 11) is 0. The van der Waals surface area contributed by atoms with Crippen molar-refractivity contribution in [1.82, 2.24) is 14.9 Å². The van der Waals surface area contributed by atoms with E-state index in [9.17, 15) is 4.79 Å². The van der Waals surface area contributed by atoms with Gasteiger partial charge in [-0.05, 0) is 31.5 Å². The van der Waals surface area contributed by atoms with Gasteiger partial charge < -0.3 is 5.11 Å². The molecule has 106 valence electrons. The van der Waals surface area contributed by atoms with Crippen LogP contribution in [0, 0.1) is 0 Å². The molecule has 20 heavy (non-hydrogen) atoms. The third kappa shape index (κ3) is 3.40. The predicted octanol–water partition coefficient (Wildman–Crippen LogP) is 2.18. The summed E-state index contributed by atoms with van der Waals surface area (Å²) < 4.78 is 0. The molecule has 0 aromatic carbocycles. The van der Waals surface area contributed by atoms with E-state index in [0.29, 0.717) is 12.6 Å².